The highest BCUT2D eigenvalue weighted by molar-refractivity contribution is 5.84. The number of allylic oxidation sites excluding steroid dienone is 12. The van der Waals surface area contributed by atoms with Crippen LogP contribution in [-0.2, 0) is 19.1 Å². The third-order valence-electron chi connectivity index (χ3n) is 8.17. The summed E-state index contributed by atoms with van der Waals surface area (Å²) in [5, 5.41) is 5.85. The molecule has 0 radical (unpaired) electrons. The van der Waals surface area contributed by atoms with Crippen molar-refractivity contribution in [3.05, 3.63) is 72.9 Å². The molecule has 2 N–H and O–H groups in total. The average Bonchev–Trinajstić information content (AvgIpc) is 3.10. The number of hydrogen-bond donors (Lipinski definition) is 2. The first kappa shape index (κ1) is 45.9. The van der Waals surface area contributed by atoms with Crippen molar-refractivity contribution >= 4 is 17.8 Å². The molecule has 0 aliphatic rings. The molecule has 1 atom stereocenters. The van der Waals surface area contributed by atoms with E-state index in [1.807, 2.05) is 0 Å². The summed E-state index contributed by atoms with van der Waals surface area (Å²) >= 11 is 0. The van der Waals surface area contributed by atoms with Crippen molar-refractivity contribution in [2.45, 2.75) is 168 Å². The van der Waals surface area contributed by atoms with Gasteiger partial charge in [-0.15, -0.1) is 0 Å². The Morgan fingerprint density at radius 3 is 1.43 bits per heavy atom. The maximum absolute atomic E-state index is 12.5. The van der Waals surface area contributed by atoms with Crippen molar-refractivity contribution in [3.63, 3.8) is 0 Å². The van der Waals surface area contributed by atoms with Crippen LogP contribution in [-0.4, -0.2) is 37.5 Å². The van der Waals surface area contributed by atoms with Crippen molar-refractivity contribution in [3.8, 4) is 0 Å². The first-order valence-corrected chi connectivity index (χ1v) is 19.6. The lowest BCUT2D eigenvalue weighted by molar-refractivity contribution is -0.145. The molecule has 2 amide bonds. The number of carbonyl (C=O) groups is 3. The van der Waals surface area contributed by atoms with Crippen LogP contribution in [0.3, 0.4) is 0 Å². The monoisotopic (exact) mass is 681 g/mol. The Bertz CT molecular complexity index is 976. The Kier molecular flexibility index (Phi) is 35.2. The van der Waals surface area contributed by atoms with E-state index >= 15 is 0 Å². The second-order valence-corrected chi connectivity index (χ2v) is 12.7. The maximum Gasteiger partial charge on any atom is 0.328 e. The predicted octanol–water partition coefficient (Wildman–Crippen LogP) is 11.1. The van der Waals surface area contributed by atoms with E-state index in [2.05, 4.69) is 97.4 Å². The quantitative estimate of drug-likeness (QED) is 0.0410. The number of hydrogen-bond acceptors (Lipinski definition) is 4. The molecule has 0 aromatic rings. The van der Waals surface area contributed by atoms with E-state index in [4.69, 9.17) is 4.74 Å². The predicted molar refractivity (Wildman–Crippen MR) is 209 cm³/mol. The van der Waals surface area contributed by atoms with Crippen LogP contribution in [0.1, 0.15) is 162 Å². The highest BCUT2D eigenvalue weighted by Crippen LogP contribution is 2.10. The summed E-state index contributed by atoms with van der Waals surface area (Å²) in [7, 11) is 1.35. The Morgan fingerprint density at radius 2 is 0.939 bits per heavy atom. The lowest BCUT2D eigenvalue weighted by atomic mass is 10.1. The number of rotatable bonds is 33. The van der Waals surface area contributed by atoms with Gasteiger partial charge in [0.2, 0.25) is 11.8 Å². The Morgan fingerprint density at radius 1 is 0.510 bits per heavy atom. The molecule has 0 aliphatic carbocycles. The molecule has 6 nitrogen and oxygen atoms in total. The summed E-state index contributed by atoms with van der Waals surface area (Å²) in [4.78, 5) is 36.9. The summed E-state index contributed by atoms with van der Waals surface area (Å²) < 4.78 is 4.92. The summed E-state index contributed by atoms with van der Waals surface area (Å²) in [6.45, 7) is 4.88. The van der Waals surface area contributed by atoms with Crippen LogP contribution in [0.25, 0.3) is 0 Å². The highest BCUT2D eigenvalue weighted by Gasteiger charge is 2.20. The van der Waals surface area contributed by atoms with Crippen LogP contribution in [0.2, 0.25) is 0 Å². The highest BCUT2D eigenvalue weighted by atomic mass is 16.5. The van der Waals surface area contributed by atoms with Gasteiger partial charge in [-0.3, -0.25) is 9.59 Å². The molecule has 0 aromatic carbocycles. The largest absolute Gasteiger partial charge is 0.467 e. The molecule has 278 valence electrons. The molecule has 0 heterocycles. The standard InChI is InChI=1S/C43H72N2O4/c1-4-6-8-10-12-14-16-18-20-22-24-26-28-30-32-37-41(46)44-39-35-34-36-40(43(48)49-3)45-42(47)38-33-31-29-27-25-23-21-19-17-15-13-11-9-7-5-2/h6-9,12-15,18-21,40H,4-5,10-11,16-17,22-39H2,1-3H3,(H,44,46)(H,45,47)/b8-6-,9-7-,14-12-,15-13-,20-18-,21-19-/t40-/m0/s1. The molecule has 0 bridgehead atoms. The van der Waals surface area contributed by atoms with Crippen LogP contribution in [0.4, 0.5) is 0 Å². The molecule has 49 heavy (non-hydrogen) atoms. The van der Waals surface area contributed by atoms with Gasteiger partial charge in [0, 0.05) is 19.4 Å². The molecular formula is C43H72N2O4. The zero-order chi connectivity index (χ0) is 35.9. The first-order chi connectivity index (χ1) is 24.0. The van der Waals surface area contributed by atoms with Crippen molar-refractivity contribution in [2.24, 2.45) is 0 Å². The number of methoxy groups -OCH3 is 1. The van der Waals surface area contributed by atoms with E-state index in [-0.39, 0.29) is 11.8 Å². The molecule has 0 fully saturated rings. The van der Waals surface area contributed by atoms with Crippen molar-refractivity contribution in [1.82, 2.24) is 10.6 Å². The third-order valence-corrected chi connectivity index (χ3v) is 8.17. The van der Waals surface area contributed by atoms with Gasteiger partial charge in [-0.25, -0.2) is 4.79 Å². The molecular weight excluding hydrogens is 608 g/mol. The lowest BCUT2D eigenvalue weighted by Crippen LogP contribution is -2.41. The molecule has 6 heteroatoms. The van der Waals surface area contributed by atoms with Crippen LogP contribution in [0, 0.1) is 0 Å². The van der Waals surface area contributed by atoms with E-state index in [0.29, 0.717) is 25.8 Å². The molecule has 0 unspecified atom stereocenters. The Labute approximate surface area is 301 Å². The second kappa shape index (κ2) is 37.7. The second-order valence-electron chi connectivity index (χ2n) is 12.7. The fraction of sp³-hybridized carbons (Fsp3) is 0.651. The lowest BCUT2D eigenvalue weighted by Gasteiger charge is -2.16. The minimum Gasteiger partial charge on any atom is -0.467 e. The van der Waals surface area contributed by atoms with Crippen LogP contribution in [0.15, 0.2) is 72.9 Å². The van der Waals surface area contributed by atoms with Gasteiger partial charge in [0.15, 0.2) is 0 Å². The first-order valence-electron chi connectivity index (χ1n) is 19.6. The molecule has 0 saturated heterocycles. The number of carbonyl (C=O) groups excluding carboxylic acids is 3. The van der Waals surface area contributed by atoms with Gasteiger partial charge in [0.25, 0.3) is 0 Å². The van der Waals surface area contributed by atoms with Gasteiger partial charge in [0.1, 0.15) is 6.04 Å². The van der Waals surface area contributed by atoms with E-state index in [1.165, 1.54) is 39.2 Å². The third kappa shape index (κ3) is 34.5. The molecule has 0 aliphatic heterocycles. The maximum atomic E-state index is 12.5. The van der Waals surface area contributed by atoms with Gasteiger partial charge >= 0.3 is 5.97 Å². The average molecular weight is 681 g/mol. The summed E-state index contributed by atoms with van der Waals surface area (Å²) in [5.41, 5.74) is 0. The fourth-order valence-corrected chi connectivity index (χ4v) is 5.26. The molecule has 0 rings (SSSR count). The number of amides is 2. The summed E-state index contributed by atoms with van der Waals surface area (Å²) in [5.74, 6) is -0.414. The minimum atomic E-state index is -0.632. The smallest absolute Gasteiger partial charge is 0.328 e. The van der Waals surface area contributed by atoms with Crippen molar-refractivity contribution in [1.29, 1.82) is 0 Å². The molecule has 0 spiro atoms. The van der Waals surface area contributed by atoms with Crippen molar-refractivity contribution < 1.29 is 19.1 Å². The van der Waals surface area contributed by atoms with Crippen LogP contribution >= 0.6 is 0 Å². The zero-order valence-electron chi connectivity index (χ0n) is 31.6. The summed E-state index contributed by atoms with van der Waals surface area (Å²) in [6, 6.07) is -0.632. The Balaban J connectivity index is 3.82. The van der Waals surface area contributed by atoms with Crippen LogP contribution < -0.4 is 10.6 Å². The zero-order valence-corrected chi connectivity index (χ0v) is 31.6. The van der Waals surface area contributed by atoms with Gasteiger partial charge < -0.3 is 15.4 Å². The topological polar surface area (TPSA) is 84.5 Å². The van der Waals surface area contributed by atoms with Gasteiger partial charge in [-0.1, -0.05) is 125 Å². The Hall–Kier alpha value is -3.15. The summed E-state index contributed by atoms with van der Waals surface area (Å²) in [6.07, 6.45) is 49.0. The molecule has 0 aromatic heterocycles. The minimum absolute atomic E-state index is 0.0921. The normalized spacial score (nSPS) is 12.8. The van der Waals surface area contributed by atoms with Gasteiger partial charge in [0.05, 0.1) is 7.11 Å². The van der Waals surface area contributed by atoms with Gasteiger partial charge in [-0.2, -0.15) is 0 Å². The van der Waals surface area contributed by atoms with E-state index in [9.17, 15) is 14.4 Å². The number of unbranched alkanes of at least 4 members (excludes halogenated alkanes) is 11. The van der Waals surface area contributed by atoms with Crippen molar-refractivity contribution in [2.75, 3.05) is 13.7 Å². The number of ether oxygens (including phenoxy) is 1. The van der Waals surface area contributed by atoms with E-state index in [0.717, 1.165) is 96.3 Å². The van der Waals surface area contributed by atoms with Gasteiger partial charge in [-0.05, 0) is 96.3 Å². The molecule has 0 saturated carbocycles. The number of nitrogens with one attached hydrogen (secondary N) is 2. The van der Waals surface area contributed by atoms with E-state index in [1.54, 1.807) is 0 Å². The SMILES string of the molecule is CC/C=C\C/C=C\C/C=C\CCCCCCCC(=O)NCCCC[C@H](NC(=O)CCCCCCC/C=C\C/C=C\C/C=C\CC)C(=O)OC. The number of esters is 1. The fourth-order valence-electron chi connectivity index (χ4n) is 5.26. The van der Waals surface area contributed by atoms with E-state index < -0.39 is 12.0 Å². The van der Waals surface area contributed by atoms with Crippen LogP contribution in [0.5, 0.6) is 0 Å².